The van der Waals surface area contributed by atoms with Gasteiger partial charge in [0.25, 0.3) is 5.56 Å². The van der Waals surface area contributed by atoms with E-state index in [-0.39, 0.29) is 18.0 Å². The number of hydrogen-bond acceptors (Lipinski definition) is 5. The Morgan fingerprint density at radius 1 is 1.13 bits per heavy atom. The first kappa shape index (κ1) is 19.8. The van der Waals surface area contributed by atoms with Crippen LogP contribution in [0.1, 0.15) is 11.8 Å². The number of hydrogen-bond donors (Lipinski definition) is 1. The van der Waals surface area contributed by atoms with Crippen LogP contribution in [-0.2, 0) is 11.3 Å². The van der Waals surface area contributed by atoms with Crippen molar-refractivity contribution >= 4 is 33.1 Å². The van der Waals surface area contributed by atoms with Gasteiger partial charge in [-0.1, -0.05) is 30.3 Å². The van der Waals surface area contributed by atoms with Crippen molar-refractivity contribution in [3.63, 3.8) is 0 Å². The number of nitrogens with zero attached hydrogens (tertiary/aromatic N) is 2. The molecule has 152 valence electrons. The molecule has 0 saturated heterocycles. The Balaban J connectivity index is 1.69. The molecule has 0 radical (unpaired) electrons. The number of anilines is 1. The van der Waals surface area contributed by atoms with Crippen molar-refractivity contribution in [3.05, 3.63) is 76.2 Å². The van der Waals surface area contributed by atoms with E-state index >= 15 is 0 Å². The van der Waals surface area contributed by atoms with Crippen molar-refractivity contribution < 1.29 is 9.53 Å². The number of carbonyl (C=O) groups is 1. The van der Waals surface area contributed by atoms with Gasteiger partial charge in [-0.15, -0.1) is 11.3 Å². The van der Waals surface area contributed by atoms with Crippen LogP contribution in [0, 0.1) is 6.92 Å². The zero-order valence-electron chi connectivity index (χ0n) is 16.7. The van der Waals surface area contributed by atoms with Gasteiger partial charge < -0.3 is 10.1 Å². The summed E-state index contributed by atoms with van der Waals surface area (Å²) in [5.74, 6) is 0.505. The van der Waals surface area contributed by atoms with E-state index in [1.165, 1.54) is 22.2 Å². The topological polar surface area (TPSA) is 73.2 Å². The molecule has 2 heterocycles. The minimum Gasteiger partial charge on any atom is -0.494 e. The van der Waals surface area contributed by atoms with Crippen LogP contribution in [0.3, 0.4) is 0 Å². The molecule has 4 rings (SSSR count). The minimum absolute atomic E-state index is 0.103. The molecular formula is C23H21N3O3S. The molecule has 0 aliphatic rings. The minimum atomic E-state index is -0.279. The number of para-hydroxylation sites is 1. The van der Waals surface area contributed by atoms with Gasteiger partial charge in [0.1, 0.15) is 17.1 Å². The predicted molar refractivity (Wildman–Crippen MR) is 120 cm³/mol. The Kier molecular flexibility index (Phi) is 5.63. The predicted octanol–water partition coefficient (Wildman–Crippen LogP) is 4.47. The summed E-state index contributed by atoms with van der Waals surface area (Å²) >= 11 is 1.48. The lowest BCUT2D eigenvalue weighted by atomic mass is 10.0. The van der Waals surface area contributed by atoms with Crippen molar-refractivity contribution in [2.75, 3.05) is 11.9 Å². The van der Waals surface area contributed by atoms with Crippen LogP contribution in [-0.4, -0.2) is 22.1 Å². The quantitative estimate of drug-likeness (QED) is 0.500. The van der Waals surface area contributed by atoms with Crippen LogP contribution in [0.4, 0.5) is 5.69 Å². The lowest BCUT2D eigenvalue weighted by molar-refractivity contribution is -0.116. The zero-order valence-corrected chi connectivity index (χ0v) is 17.5. The van der Waals surface area contributed by atoms with E-state index in [1.54, 1.807) is 12.1 Å². The Labute approximate surface area is 177 Å². The van der Waals surface area contributed by atoms with Gasteiger partial charge in [-0.25, -0.2) is 4.98 Å². The molecule has 4 aromatic rings. The number of fused-ring (bicyclic) bond motifs is 1. The molecule has 1 amide bonds. The van der Waals surface area contributed by atoms with Crippen LogP contribution < -0.4 is 15.6 Å². The second-order valence-corrected chi connectivity index (χ2v) is 7.97. The van der Waals surface area contributed by atoms with E-state index in [1.807, 2.05) is 56.3 Å². The highest BCUT2D eigenvalue weighted by molar-refractivity contribution is 7.19. The van der Waals surface area contributed by atoms with Crippen molar-refractivity contribution in [1.29, 1.82) is 0 Å². The normalized spacial score (nSPS) is 10.9. The molecule has 0 atom stereocenters. The lowest BCUT2D eigenvalue weighted by Gasteiger charge is -2.08. The van der Waals surface area contributed by atoms with Gasteiger partial charge in [0.05, 0.1) is 18.3 Å². The largest absolute Gasteiger partial charge is 0.494 e. The molecule has 0 saturated carbocycles. The fourth-order valence-corrected chi connectivity index (χ4v) is 4.36. The molecular weight excluding hydrogens is 398 g/mol. The highest BCUT2D eigenvalue weighted by Gasteiger charge is 2.18. The fraction of sp³-hybridized carbons (Fsp3) is 0.174. The maximum Gasteiger partial charge on any atom is 0.263 e. The number of carbonyl (C=O) groups excluding carboxylic acids is 1. The van der Waals surface area contributed by atoms with Crippen LogP contribution in [0.15, 0.2) is 65.7 Å². The SMILES string of the molecule is CCOc1ccc(-c2c(C)sc3ncn(CC(=O)Nc4ccccc4)c(=O)c23)cc1. The van der Waals surface area contributed by atoms with Crippen LogP contribution in [0.2, 0.25) is 0 Å². The number of benzene rings is 2. The van der Waals surface area contributed by atoms with Crippen molar-refractivity contribution in [3.8, 4) is 16.9 Å². The Bertz CT molecular complexity index is 1240. The molecule has 30 heavy (non-hydrogen) atoms. The second kappa shape index (κ2) is 8.51. The highest BCUT2D eigenvalue weighted by Crippen LogP contribution is 2.36. The van der Waals surface area contributed by atoms with E-state index in [0.29, 0.717) is 22.5 Å². The number of rotatable bonds is 6. The highest BCUT2D eigenvalue weighted by atomic mass is 32.1. The summed E-state index contributed by atoms with van der Waals surface area (Å²) < 4.78 is 6.86. The molecule has 2 aromatic carbocycles. The van der Waals surface area contributed by atoms with Crippen molar-refractivity contribution in [2.24, 2.45) is 0 Å². The number of aryl methyl sites for hydroxylation is 1. The first-order valence-electron chi connectivity index (χ1n) is 9.63. The summed E-state index contributed by atoms with van der Waals surface area (Å²) in [6.45, 7) is 4.41. The van der Waals surface area contributed by atoms with Gasteiger partial charge in [-0.3, -0.25) is 14.2 Å². The summed E-state index contributed by atoms with van der Waals surface area (Å²) in [7, 11) is 0. The molecule has 0 aliphatic carbocycles. The van der Waals surface area contributed by atoms with E-state index in [4.69, 9.17) is 4.74 Å². The molecule has 2 aromatic heterocycles. The Morgan fingerprint density at radius 2 is 1.87 bits per heavy atom. The molecule has 1 N–H and O–H groups in total. The average Bonchev–Trinajstić information content (AvgIpc) is 3.08. The van der Waals surface area contributed by atoms with E-state index in [0.717, 1.165) is 21.8 Å². The molecule has 7 heteroatoms. The number of aromatic nitrogens is 2. The van der Waals surface area contributed by atoms with Crippen LogP contribution >= 0.6 is 11.3 Å². The standard InChI is InChI=1S/C23H21N3O3S/c1-3-29-18-11-9-16(10-12-18)20-15(2)30-22-21(20)23(28)26(14-24-22)13-19(27)25-17-7-5-4-6-8-17/h4-12,14H,3,13H2,1-2H3,(H,25,27). The van der Waals surface area contributed by atoms with Crippen LogP contribution in [0.5, 0.6) is 5.75 Å². The van der Waals surface area contributed by atoms with Gasteiger partial charge >= 0.3 is 0 Å². The maximum absolute atomic E-state index is 13.2. The first-order valence-corrected chi connectivity index (χ1v) is 10.4. The summed E-state index contributed by atoms with van der Waals surface area (Å²) in [6.07, 6.45) is 1.44. The third-order valence-electron chi connectivity index (χ3n) is 4.68. The summed E-state index contributed by atoms with van der Waals surface area (Å²) in [5, 5.41) is 3.34. The number of amides is 1. The van der Waals surface area contributed by atoms with Gasteiger partial charge in [0, 0.05) is 16.1 Å². The molecule has 6 nitrogen and oxygen atoms in total. The number of thiophene rings is 1. The van der Waals surface area contributed by atoms with Gasteiger partial charge in [0.15, 0.2) is 0 Å². The fourth-order valence-electron chi connectivity index (χ4n) is 3.36. The maximum atomic E-state index is 13.2. The van der Waals surface area contributed by atoms with Gasteiger partial charge in [0.2, 0.25) is 5.91 Å². The first-order chi connectivity index (χ1) is 14.6. The summed E-state index contributed by atoms with van der Waals surface area (Å²) in [5.41, 5.74) is 2.24. The molecule has 0 bridgehead atoms. The monoisotopic (exact) mass is 419 g/mol. The van der Waals surface area contributed by atoms with Crippen LogP contribution in [0.25, 0.3) is 21.3 Å². The lowest BCUT2D eigenvalue weighted by Crippen LogP contribution is -2.27. The van der Waals surface area contributed by atoms with E-state index < -0.39 is 0 Å². The van der Waals surface area contributed by atoms with Gasteiger partial charge in [-0.2, -0.15) is 0 Å². The third kappa shape index (κ3) is 3.97. The molecule has 0 unspecified atom stereocenters. The molecule has 0 aliphatic heterocycles. The second-order valence-electron chi connectivity index (χ2n) is 6.76. The van der Waals surface area contributed by atoms with E-state index in [2.05, 4.69) is 10.3 Å². The number of nitrogens with one attached hydrogen (secondary N) is 1. The summed E-state index contributed by atoms with van der Waals surface area (Å²) in [4.78, 5) is 31.7. The molecule has 0 spiro atoms. The Hall–Kier alpha value is -3.45. The van der Waals surface area contributed by atoms with Gasteiger partial charge in [-0.05, 0) is 43.7 Å². The Morgan fingerprint density at radius 3 is 2.57 bits per heavy atom. The van der Waals surface area contributed by atoms with Crippen molar-refractivity contribution in [2.45, 2.75) is 20.4 Å². The number of ether oxygens (including phenoxy) is 1. The van der Waals surface area contributed by atoms with Crippen molar-refractivity contribution in [1.82, 2.24) is 9.55 Å². The van der Waals surface area contributed by atoms with E-state index in [9.17, 15) is 9.59 Å². The summed E-state index contributed by atoms with van der Waals surface area (Å²) in [6, 6.07) is 16.8. The average molecular weight is 420 g/mol. The third-order valence-corrected chi connectivity index (χ3v) is 5.69. The molecule has 0 fully saturated rings. The zero-order chi connectivity index (χ0) is 21.1. The smallest absolute Gasteiger partial charge is 0.263 e.